The summed E-state index contributed by atoms with van der Waals surface area (Å²) < 4.78 is 4.85. The predicted molar refractivity (Wildman–Crippen MR) is 232 cm³/mol. The topological polar surface area (TPSA) is 35.6 Å². The summed E-state index contributed by atoms with van der Waals surface area (Å²) in [4.78, 5) is 10.4. The highest BCUT2D eigenvalue weighted by Gasteiger charge is 2.21. The third-order valence-electron chi connectivity index (χ3n) is 10.9. The van der Waals surface area contributed by atoms with E-state index in [1.807, 2.05) is 24.3 Å². The second kappa shape index (κ2) is 13.1. The lowest BCUT2D eigenvalue weighted by Crippen LogP contribution is -2.01. The maximum Gasteiger partial charge on any atom is 0.160 e. The Hall–Kier alpha value is -7.56. The van der Waals surface area contributed by atoms with E-state index in [4.69, 9.17) is 9.97 Å². The Balaban J connectivity index is 1.19. The van der Waals surface area contributed by atoms with Crippen LogP contribution in [0.5, 0.6) is 0 Å². The van der Waals surface area contributed by atoms with Gasteiger partial charge in [0, 0.05) is 43.9 Å². The average Bonchev–Trinajstić information content (AvgIpc) is 3.78. The summed E-state index contributed by atoms with van der Waals surface area (Å²) in [5.74, 6) is 0.697. The number of hydrogen-bond donors (Lipinski definition) is 0. The summed E-state index contributed by atoms with van der Waals surface area (Å²) in [5, 5.41) is 4.88. The molecule has 4 nitrogen and oxygen atoms in total. The summed E-state index contributed by atoms with van der Waals surface area (Å²) >= 11 is 0. The number of nitrogens with zero attached hydrogens (tertiary/aromatic N) is 4. The molecule has 0 unspecified atom stereocenters. The van der Waals surface area contributed by atoms with Crippen molar-refractivity contribution >= 4 is 43.6 Å². The number of para-hydroxylation sites is 3. The van der Waals surface area contributed by atoms with Gasteiger partial charge in [-0.3, -0.25) is 0 Å². The molecule has 262 valence electrons. The average molecular weight is 715 g/mol. The van der Waals surface area contributed by atoms with Crippen LogP contribution in [0.1, 0.15) is 0 Å². The fourth-order valence-electron chi connectivity index (χ4n) is 8.37. The number of rotatable bonds is 6. The number of fused-ring (bicyclic) bond motifs is 6. The van der Waals surface area contributed by atoms with Gasteiger partial charge in [-0.2, -0.15) is 0 Å². The molecule has 0 saturated heterocycles. The third-order valence-corrected chi connectivity index (χ3v) is 10.9. The molecule has 3 aromatic heterocycles. The van der Waals surface area contributed by atoms with E-state index < -0.39 is 0 Å². The van der Waals surface area contributed by atoms with Gasteiger partial charge < -0.3 is 9.13 Å². The van der Waals surface area contributed by atoms with Crippen molar-refractivity contribution in [3.63, 3.8) is 0 Å². The standard InChI is InChI=1S/C52H34N4/c1-4-17-35(18-5-1)38-23-16-24-39(31-38)55-47-28-13-10-25-40(47)43-32-44-41-26-11-14-29-48(41)56(51(44)34-50(43)55)49-30-15-12-27-42(49)46-33-45(36-19-6-2-7-20-36)53-52(54-46)37-21-8-3-9-22-37/h1-34H. The monoisotopic (exact) mass is 714 g/mol. The first-order chi connectivity index (χ1) is 27.8. The van der Waals surface area contributed by atoms with Crippen molar-refractivity contribution in [1.29, 1.82) is 0 Å². The van der Waals surface area contributed by atoms with Crippen LogP contribution in [0.15, 0.2) is 206 Å². The van der Waals surface area contributed by atoms with Crippen molar-refractivity contribution in [2.24, 2.45) is 0 Å². The Morgan fingerprint density at radius 2 is 0.839 bits per heavy atom. The van der Waals surface area contributed by atoms with Gasteiger partial charge >= 0.3 is 0 Å². The molecule has 0 radical (unpaired) electrons. The van der Waals surface area contributed by atoms with Crippen molar-refractivity contribution in [1.82, 2.24) is 19.1 Å². The second-order valence-electron chi connectivity index (χ2n) is 14.2. The van der Waals surface area contributed by atoms with E-state index in [0.29, 0.717) is 5.82 Å². The zero-order valence-corrected chi connectivity index (χ0v) is 30.4. The van der Waals surface area contributed by atoms with Crippen LogP contribution in [-0.4, -0.2) is 19.1 Å². The minimum Gasteiger partial charge on any atom is -0.309 e. The second-order valence-corrected chi connectivity index (χ2v) is 14.2. The Morgan fingerprint density at radius 3 is 1.55 bits per heavy atom. The molecule has 0 bridgehead atoms. The summed E-state index contributed by atoms with van der Waals surface area (Å²) in [6.45, 7) is 0. The lowest BCUT2D eigenvalue weighted by atomic mass is 10.0. The lowest BCUT2D eigenvalue weighted by Gasteiger charge is -2.15. The van der Waals surface area contributed by atoms with Crippen molar-refractivity contribution in [2.45, 2.75) is 0 Å². The molecule has 0 aliphatic heterocycles. The van der Waals surface area contributed by atoms with E-state index in [1.165, 1.54) is 38.2 Å². The summed E-state index contributed by atoms with van der Waals surface area (Å²) in [5.41, 5.74) is 14.0. The molecule has 8 aromatic carbocycles. The highest BCUT2D eigenvalue weighted by molar-refractivity contribution is 6.19. The molecular weight excluding hydrogens is 681 g/mol. The largest absolute Gasteiger partial charge is 0.309 e. The van der Waals surface area contributed by atoms with Crippen LogP contribution in [0, 0.1) is 0 Å². The van der Waals surface area contributed by atoms with Crippen LogP contribution >= 0.6 is 0 Å². The molecule has 0 amide bonds. The minimum absolute atomic E-state index is 0.697. The van der Waals surface area contributed by atoms with E-state index in [1.54, 1.807) is 0 Å². The Bertz CT molecular complexity index is 3170. The van der Waals surface area contributed by atoms with E-state index in [-0.39, 0.29) is 0 Å². The fraction of sp³-hybridized carbons (Fsp3) is 0. The Kier molecular flexibility index (Phi) is 7.46. The number of aromatic nitrogens is 4. The van der Waals surface area contributed by atoms with Gasteiger partial charge in [0.25, 0.3) is 0 Å². The first-order valence-corrected chi connectivity index (χ1v) is 19.0. The summed E-state index contributed by atoms with van der Waals surface area (Å²) in [6, 6.07) is 73.2. The van der Waals surface area contributed by atoms with Crippen molar-refractivity contribution in [2.75, 3.05) is 0 Å². The zero-order chi connectivity index (χ0) is 37.0. The highest BCUT2D eigenvalue weighted by Crippen LogP contribution is 2.42. The molecule has 4 heteroatoms. The summed E-state index contributed by atoms with van der Waals surface area (Å²) in [7, 11) is 0. The van der Waals surface area contributed by atoms with Crippen molar-refractivity contribution < 1.29 is 0 Å². The molecule has 0 fully saturated rings. The van der Waals surface area contributed by atoms with Gasteiger partial charge in [0.15, 0.2) is 5.82 Å². The van der Waals surface area contributed by atoms with Crippen LogP contribution in [0.25, 0.3) is 100 Å². The molecule has 0 N–H and O–H groups in total. The predicted octanol–water partition coefficient (Wildman–Crippen LogP) is 13.3. The first-order valence-electron chi connectivity index (χ1n) is 19.0. The highest BCUT2D eigenvalue weighted by atomic mass is 15.0. The van der Waals surface area contributed by atoms with Crippen LogP contribution in [-0.2, 0) is 0 Å². The minimum atomic E-state index is 0.697. The molecule has 0 saturated carbocycles. The van der Waals surface area contributed by atoms with Gasteiger partial charge in [-0.1, -0.05) is 158 Å². The van der Waals surface area contributed by atoms with Gasteiger partial charge in [-0.05, 0) is 59.7 Å². The van der Waals surface area contributed by atoms with Crippen molar-refractivity contribution in [3.8, 4) is 56.4 Å². The van der Waals surface area contributed by atoms with Crippen LogP contribution in [0.4, 0.5) is 0 Å². The molecular formula is C52H34N4. The zero-order valence-electron chi connectivity index (χ0n) is 30.4. The quantitative estimate of drug-likeness (QED) is 0.172. The van der Waals surface area contributed by atoms with Crippen molar-refractivity contribution in [3.05, 3.63) is 206 Å². The molecule has 3 heterocycles. The first kappa shape index (κ1) is 31.9. The molecule has 11 rings (SSSR count). The summed E-state index contributed by atoms with van der Waals surface area (Å²) in [6.07, 6.45) is 0. The maximum absolute atomic E-state index is 5.27. The third kappa shape index (κ3) is 5.23. The normalized spacial score (nSPS) is 11.6. The van der Waals surface area contributed by atoms with Gasteiger partial charge in [0.2, 0.25) is 0 Å². The van der Waals surface area contributed by atoms with E-state index in [0.717, 1.165) is 56.0 Å². The molecule has 0 aliphatic carbocycles. The van der Waals surface area contributed by atoms with E-state index in [2.05, 4.69) is 191 Å². The van der Waals surface area contributed by atoms with Gasteiger partial charge in [0.05, 0.1) is 39.1 Å². The van der Waals surface area contributed by atoms with Crippen LogP contribution < -0.4 is 0 Å². The molecule has 0 aliphatic rings. The van der Waals surface area contributed by atoms with E-state index >= 15 is 0 Å². The maximum atomic E-state index is 5.27. The fourth-order valence-corrected chi connectivity index (χ4v) is 8.37. The van der Waals surface area contributed by atoms with Crippen LogP contribution in [0.3, 0.4) is 0 Å². The Labute approximate surface area is 324 Å². The smallest absolute Gasteiger partial charge is 0.160 e. The molecule has 0 atom stereocenters. The van der Waals surface area contributed by atoms with E-state index in [9.17, 15) is 0 Å². The molecule has 56 heavy (non-hydrogen) atoms. The SMILES string of the molecule is c1ccc(-c2cccc(-n3c4ccccc4c4cc5c6ccccc6n(-c6ccccc6-c6cc(-c7ccccc7)nc(-c7ccccc7)n6)c5cc43)c2)cc1. The van der Waals surface area contributed by atoms with Gasteiger partial charge in [0.1, 0.15) is 0 Å². The Morgan fingerprint density at radius 1 is 0.304 bits per heavy atom. The number of hydrogen-bond acceptors (Lipinski definition) is 2. The lowest BCUT2D eigenvalue weighted by molar-refractivity contribution is 1.15. The van der Waals surface area contributed by atoms with Crippen LogP contribution in [0.2, 0.25) is 0 Å². The van der Waals surface area contributed by atoms with Gasteiger partial charge in [-0.25, -0.2) is 9.97 Å². The van der Waals surface area contributed by atoms with Gasteiger partial charge in [-0.15, -0.1) is 0 Å². The molecule has 11 aromatic rings. The molecule has 0 spiro atoms. The number of benzene rings is 8.